The van der Waals surface area contributed by atoms with Crippen LogP contribution in [0.25, 0.3) is 0 Å². The fraction of sp³-hybridized carbons (Fsp3) is 0.400. The summed E-state index contributed by atoms with van der Waals surface area (Å²) in [7, 11) is 0. The van der Waals surface area contributed by atoms with Crippen LogP contribution in [0.1, 0.15) is 42.6 Å². The Morgan fingerprint density at radius 3 is 3.00 bits per heavy atom. The van der Waals surface area contributed by atoms with Crippen molar-refractivity contribution in [2.24, 2.45) is 5.73 Å². The summed E-state index contributed by atoms with van der Waals surface area (Å²) < 4.78 is 1.79. The van der Waals surface area contributed by atoms with Crippen LogP contribution in [0, 0.1) is 0 Å². The molecule has 0 spiro atoms. The van der Waals surface area contributed by atoms with Gasteiger partial charge in [-0.05, 0) is 17.5 Å². The van der Waals surface area contributed by atoms with E-state index in [4.69, 9.17) is 17.3 Å². The zero-order valence-corrected chi connectivity index (χ0v) is 12.1. The summed E-state index contributed by atoms with van der Waals surface area (Å²) >= 11 is 6.28. The van der Waals surface area contributed by atoms with Crippen LogP contribution in [0.2, 0.25) is 5.02 Å². The lowest BCUT2D eigenvalue weighted by Gasteiger charge is -2.26. The Bertz CT molecular complexity index is 640. The first-order valence-corrected chi connectivity index (χ1v) is 7.25. The number of nitrogens with two attached hydrogens (primary N) is 1. The minimum Gasteiger partial charge on any atom is -0.379 e. The second-order valence-corrected chi connectivity index (χ2v) is 5.73. The van der Waals surface area contributed by atoms with Gasteiger partial charge in [-0.25, -0.2) is 0 Å². The fourth-order valence-electron chi connectivity index (χ4n) is 3.11. The van der Waals surface area contributed by atoms with Crippen molar-refractivity contribution in [3.8, 4) is 0 Å². The summed E-state index contributed by atoms with van der Waals surface area (Å²) in [6.07, 6.45) is 2.95. The van der Waals surface area contributed by atoms with E-state index in [-0.39, 0.29) is 6.04 Å². The molecule has 2 unspecified atom stereocenters. The third kappa shape index (κ3) is 1.87. The normalized spacial score (nSPS) is 24.9. The van der Waals surface area contributed by atoms with Crippen LogP contribution >= 0.6 is 11.6 Å². The maximum atomic E-state index is 11.2. The number of hydrogen-bond acceptors (Lipinski definition) is 3. The molecule has 106 valence electrons. The third-order valence-electron chi connectivity index (χ3n) is 3.94. The quantitative estimate of drug-likeness (QED) is 0.913. The van der Waals surface area contributed by atoms with Gasteiger partial charge in [0, 0.05) is 19.0 Å². The Balaban J connectivity index is 2.17. The molecule has 0 saturated heterocycles. The summed E-state index contributed by atoms with van der Waals surface area (Å²) in [5, 5.41) is 16.0. The highest BCUT2D eigenvalue weighted by Crippen LogP contribution is 2.47. The van der Waals surface area contributed by atoms with Gasteiger partial charge in [-0.2, -0.15) is 5.10 Å². The van der Waals surface area contributed by atoms with Gasteiger partial charge in [-0.15, -0.1) is 0 Å². The monoisotopic (exact) mass is 291 g/mol. The molecule has 1 aliphatic carbocycles. The van der Waals surface area contributed by atoms with Gasteiger partial charge in [0.1, 0.15) is 5.60 Å². The van der Waals surface area contributed by atoms with E-state index in [0.717, 1.165) is 24.1 Å². The third-order valence-corrected chi connectivity index (χ3v) is 4.22. The van der Waals surface area contributed by atoms with Gasteiger partial charge in [0.25, 0.3) is 0 Å². The summed E-state index contributed by atoms with van der Waals surface area (Å²) in [5.74, 6) is 0. The maximum Gasteiger partial charge on any atom is 0.135 e. The van der Waals surface area contributed by atoms with E-state index in [2.05, 4.69) is 12.0 Å². The molecule has 0 saturated carbocycles. The molecule has 0 bridgehead atoms. The molecule has 1 heterocycles. The highest BCUT2D eigenvalue weighted by Gasteiger charge is 2.45. The van der Waals surface area contributed by atoms with E-state index in [1.54, 1.807) is 10.9 Å². The summed E-state index contributed by atoms with van der Waals surface area (Å²) in [4.78, 5) is 0. The molecule has 0 fully saturated rings. The first-order chi connectivity index (χ1) is 9.58. The van der Waals surface area contributed by atoms with Crippen LogP contribution in [0.4, 0.5) is 0 Å². The average molecular weight is 292 g/mol. The molecule has 0 radical (unpaired) electrons. The molecule has 2 atom stereocenters. The number of rotatable bonds is 3. The molecule has 3 rings (SSSR count). The van der Waals surface area contributed by atoms with Crippen molar-refractivity contribution < 1.29 is 5.11 Å². The van der Waals surface area contributed by atoms with E-state index >= 15 is 0 Å². The zero-order valence-electron chi connectivity index (χ0n) is 11.4. The summed E-state index contributed by atoms with van der Waals surface area (Å²) in [6, 6.07) is 7.55. The van der Waals surface area contributed by atoms with Crippen LogP contribution in [0.3, 0.4) is 0 Å². The molecule has 2 aromatic rings. The molecule has 20 heavy (non-hydrogen) atoms. The molecular formula is C15H18ClN3O. The Hall–Kier alpha value is -1.36. The van der Waals surface area contributed by atoms with E-state index in [0.29, 0.717) is 17.1 Å². The van der Waals surface area contributed by atoms with Gasteiger partial charge in [0.2, 0.25) is 0 Å². The predicted octanol–water partition coefficient (Wildman–Crippen LogP) is 2.59. The lowest BCUT2D eigenvalue weighted by atomic mass is 9.92. The van der Waals surface area contributed by atoms with Gasteiger partial charge in [-0.3, -0.25) is 4.68 Å². The number of aromatic nitrogens is 2. The smallest absolute Gasteiger partial charge is 0.135 e. The number of aryl methyl sites for hydroxylation is 1. The molecule has 1 aliphatic rings. The van der Waals surface area contributed by atoms with Crippen molar-refractivity contribution in [2.45, 2.75) is 38.0 Å². The topological polar surface area (TPSA) is 64.1 Å². The van der Waals surface area contributed by atoms with Gasteiger partial charge in [-0.1, -0.05) is 42.8 Å². The van der Waals surface area contributed by atoms with Crippen molar-refractivity contribution in [1.82, 2.24) is 9.78 Å². The van der Waals surface area contributed by atoms with Crippen LogP contribution in [0.5, 0.6) is 0 Å². The second kappa shape index (κ2) is 4.88. The molecule has 3 N–H and O–H groups in total. The standard InChI is InChI=1S/C15H18ClN3O/c1-2-7-19-14(12(16)9-18-19)15(20)8-13(17)10-5-3-4-6-11(10)15/h3-6,9,13,20H,2,7-8,17H2,1H3. The van der Waals surface area contributed by atoms with Crippen LogP contribution in [0.15, 0.2) is 30.5 Å². The lowest BCUT2D eigenvalue weighted by Crippen LogP contribution is -2.29. The molecular weight excluding hydrogens is 274 g/mol. The molecule has 1 aromatic carbocycles. The summed E-state index contributed by atoms with van der Waals surface area (Å²) in [6.45, 7) is 2.79. The van der Waals surface area contributed by atoms with E-state index in [1.807, 2.05) is 24.3 Å². The minimum atomic E-state index is -1.15. The highest BCUT2D eigenvalue weighted by atomic mass is 35.5. The average Bonchev–Trinajstić information content (AvgIpc) is 2.91. The van der Waals surface area contributed by atoms with Gasteiger partial charge in [0.15, 0.2) is 0 Å². The van der Waals surface area contributed by atoms with Gasteiger partial charge < -0.3 is 10.8 Å². The van der Waals surface area contributed by atoms with Crippen molar-refractivity contribution in [3.05, 3.63) is 52.3 Å². The molecule has 0 aliphatic heterocycles. The van der Waals surface area contributed by atoms with Crippen LogP contribution < -0.4 is 5.73 Å². The van der Waals surface area contributed by atoms with E-state index < -0.39 is 5.60 Å². The van der Waals surface area contributed by atoms with Crippen molar-refractivity contribution in [1.29, 1.82) is 0 Å². The Morgan fingerprint density at radius 2 is 2.25 bits per heavy atom. The molecule has 5 heteroatoms. The van der Waals surface area contributed by atoms with Gasteiger partial charge >= 0.3 is 0 Å². The lowest BCUT2D eigenvalue weighted by molar-refractivity contribution is 0.0677. The number of aliphatic hydroxyl groups is 1. The largest absolute Gasteiger partial charge is 0.379 e. The Labute approximate surface area is 123 Å². The Morgan fingerprint density at radius 1 is 1.50 bits per heavy atom. The molecule has 1 aromatic heterocycles. The zero-order chi connectivity index (χ0) is 14.3. The van der Waals surface area contributed by atoms with Crippen LogP contribution in [-0.2, 0) is 12.1 Å². The van der Waals surface area contributed by atoms with E-state index in [1.165, 1.54) is 0 Å². The first kappa shape index (κ1) is 13.6. The number of benzene rings is 1. The molecule has 0 amide bonds. The second-order valence-electron chi connectivity index (χ2n) is 5.32. The molecule has 4 nitrogen and oxygen atoms in total. The number of halogens is 1. The van der Waals surface area contributed by atoms with Crippen molar-refractivity contribution in [2.75, 3.05) is 0 Å². The van der Waals surface area contributed by atoms with Gasteiger partial charge in [0.05, 0.1) is 16.9 Å². The van der Waals surface area contributed by atoms with Crippen LogP contribution in [-0.4, -0.2) is 14.9 Å². The van der Waals surface area contributed by atoms with Crippen molar-refractivity contribution >= 4 is 11.6 Å². The SMILES string of the molecule is CCCn1ncc(Cl)c1C1(O)CC(N)c2ccccc21. The minimum absolute atomic E-state index is 0.183. The summed E-state index contributed by atoms with van der Waals surface area (Å²) in [5.41, 5.74) is 7.49. The van der Waals surface area contributed by atoms with Crippen molar-refractivity contribution in [3.63, 3.8) is 0 Å². The number of fused-ring (bicyclic) bond motifs is 1. The fourth-order valence-corrected chi connectivity index (χ4v) is 3.41. The highest BCUT2D eigenvalue weighted by molar-refractivity contribution is 6.31. The first-order valence-electron chi connectivity index (χ1n) is 6.87. The van der Waals surface area contributed by atoms with E-state index in [9.17, 15) is 5.11 Å². The number of nitrogens with zero attached hydrogens (tertiary/aromatic N) is 2. The number of hydrogen-bond donors (Lipinski definition) is 2. The maximum absolute atomic E-state index is 11.2. The Kier molecular flexibility index (Phi) is 3.32. The predicted molar refractivity (Wildman–Crippen MR) is 78.5 cm³/mol.